The van der Waals surface area contributed by atoms with Gasteiger partial charge in [-0.3, -0.25) is 4.79 Å². The van der Waals surface area contributed by atoms with Crippen molar-refractivity contribution in [1.82, 2.24) is 4.31 Å². The minimum Gasteiger partial charge on any atom is -0.326 e. The van der Waals surface area contributed by atoms with Crippen molar-refractivity contribution in [2.24, 2.45) is 0 Å². The Morgan fingerprint density at radius 1 is 0.958 bits per heavy atom. The molecule has 0 atom stereocenters. The summed E-state index contributed by atoms with van der Waals surface area (Å²) in [5.74, 6) is -0.119. The largest absolute Gasteiger partial charge is 0.326 e. The van der Waals surface area contributed by atoms with E-state index in [1.54, 1.807) is 31.3 Å². The zero-order chi connectivity index (χ0) is 17.9. The van der Waals surface area contributed by atoms with Gasteiger partial charge in [-0.1, -0.05) is 24.3 Å². The highest BCUT2D eigenvalue weighted by Gasteiger charge is 2.22. The summed E-state index contributed by atoms with van der Waals surface area (Å²) in [6.45, 7) is 5.13. The van der Waals surface area contributed by atoms with E-state index in [4.69, 9.17) is 0 Å². The molecule has 0 unspecified atom stereocenters. The summed E-state index contributed by atoms with van der Waals surface area (Å²) >= 11 is 0. The summed E-state index contributed by atoms with van der Waals surface area (Å²) in [6, 6.07) is 14.1. The van der Waals surface area contributed by atoms with Crippen LogP contribution in [0.15, 0.2) is 53.4 Å². The van der Waals surface area contributed by atoms with Gasteiger partial charge in [0.25, 0.3) is 0 Å². The Morgan fingerprint density at radius 2 is 1.42 bits per heavy atom. The molecule has 2 rings (SSSR count). The second kappa shape index (κ2) is 7.15. The van der Waals surface area contributed by atoms with Crippen LogP contribution in [0.4, 0.5) is 5.69 Å². The Hall–Kier alpha value is -2.18. The highest BCUT2D eigenvalue weighted by Crippen LogP contribution is 2.24. The van der Waals surface area contributed by atoms with Crippen LogP contribution < -0.4 is 5.32 Å². The lowest BCUT2D eigenvalue weighted by Crippen LogP contribution is -2.32. The maximum atomic E-state index is 12.5. The van der Waals surface area contributed by atoms with E-state index < -0.39 is 10.0 Å². The fourth-order valence-electron chi connectivity index (χ4n) is 2.21. The standard InChI is InChI=1S/C18H22N2O3S/c1-13(2)20(4)24(22,23)18-11-7-16(8-12-18)15-5-9-17(10-6-15)19-14(3)21/h5-13H,1-4H3,(H,19,21). The average Bonchev–Trinajstić information content (AvgIpc) is 2.54. The first-order chi connectivity index (χ1) is 11.2. The third-order valence-corrected chi connectivity index (χ3v) is 5.84. The van der Waals surface area contributed by atoms with Gasteiger partial charge in [0.05, 0.1) is 4.90 Å². The molecule has 0 saturated heterocycles. The molecule has 0 bridgehead atoms. The van der Waals surface area contributed by atoms with Crippen LogP contribution in [-0.4, -0.2) is 31.7 Å². The Bertz CT molecular complexity index is 810. The molecule has 0 fully saturated rings. The fourth-order valence-corrected chi connectivity index (χ4v) is 3.58. The van der Waals surface area contributed by atoms with Crippen molar-refractivity contribution in [2.75, 3.05) is 12.4 Å². The van der Waals surface area contributed by atoms with Gasteiger partial charge in [0.15, 0.2) is 0 Å². The third-order valence-electron chi connectivity index (χ3n) is 3.80. The summed E-state index contributed by atoms with van der Waals surface area (Å²) < 4.78 is 26.3. The Balaban J connectivity index is 2.25. The van der Waals surface area contributed by atoms with Crippen molar-refractivity contribution < 1.29 is 13.2 Å². The molecule has 0 heterocycles. The summed E-state index contributed by atoms with van der Waals surface area (Å²) in [7, 11) is -1.89. The topological polar surface area (TPSA) is 66.5 Å². The molecule has 24 heavy (non-hydrogen) atoms. The third kappa shape index (κ3) is 4.01. The van der Waals surface area contributed by atoms with Crippen LogP contribution in [0.1, 0.15) is 20.8 Å². The molecule has 0 aliphatic heterocycles. The van der Waals surface area contributed by atoms with E-state index in [0.29, 0.717) is 0 Å². The van der Waals surface area contributed by atoms with Crippen LogP contribution in [0, 0.1) is 0 Å². The molecule has 0 radical (unpaired) electrons. The molecule has 0 spiro atoms. The molecule has 5 nitrogen and oxygen atoms in total. The highest BCUT2D eigenvalue weighted by molar-refractivity contribution is 7.89. The minimum atomic E-state index is -3.47. The van der Waals surface area contributed by atoms with Gasteiger partial charge in [-0.25, -0.2) is 8.42 Å². The zero-order valence-electron chi connectivity index (χ0n) is 14.3. The van der Waals surface area contributed by atoms with Gasteiger partial charge < -0.3 is 5.32 Å². The van der Waals surface area contributed by atoms with Crippen molar-refractivity contribution in [1.29, 1.82) is 0 Å². The number of nitrogens with zero attached hydrogens (tertiary/aromatic N) is 1. The zero-order valence-corrected chi connectivity index (χ0v) is 15.1. The maximum Gasteiger partial charge on any atom is 0.243 e. The molecule has 1 amide bonds. The molecule has 6 heteroatoms. The summed E-state index contributed by atoms with van der Waals surface area (Å²) in [4.78, 5) is 11.3. The van der Waals surface area contributed by atoms with E-state index in [2.05, 4.69) is 5.32 Å². The smallest absolute Gasteiger partial charge is 0.243 e. The molecule has 0 aliphatic rings. The van der Waals surface area contributed by atoms with E-state index in [9.17, 15) is 13.2 Å². The Morgan fingerprint density at radius 3 is 1.83 bits per heavy atom. The predicted octanol–water partition coefficient (Wildman–Crippen LogP) is 3.34. The van der Waals surface area contributed by atoms with Gasteiger partial charge >= 0.3 is 0 Å². The van der Waals surface area contributed by atoms with Gasteiger partial charge in [-0.15, -0.1) is 0 Å². The first-order valence-electron chi connectivity index (χ1n) is 7.68. The monoisotopic (exact) mass is 346 g/mol. The van der Waals surface area contributed by atoms with E-state index >= 15 is 0 Å². The van der Waals surface area contributed by atoms with Gasteiger partial charge in [-0.2, -0.15) is 4.31 Å². The molecule has 0 saturated carbocycles. The number of amides is 1. The number of carbonyl (C=O) groups is 1. The molecular formula is C18H22N2O3S. The van der Waals surface area contributed by atoms with Crippen molar-refractivity contribution in [3.05, 3.63) is 48.5 Å². The van der Waals surface area contributed by atoms with Crippen LogP contribution >= 0.6 is 0 Å². The van der Waals surface area contributed by atoms with E-state index in [1.807, 2.05) is 38.1 Å². The van der Waals surface area contributed by atoms with Gasteiger partial charge in [0.1, 0.15) is 0 Å². The van der Waals surface area contributed by atoms with Crippen LogP contribution in [0.3, 0.4) is 0 Å². The van der Waals surface area contributed by atoms with Crippen molar-refractivity contribution in [3.8, 4) is 11.1 Å². The van der Waals surface area contributed by atoms with Crippen LogP contribution in [0.2, 0.25) is 0 Å². The molecule has 0 aromatic heterocycles. The lowest BCUT2D eigenvalue weighted by Gasteiger charge is -2.21. The summed E-state index contributed by atoms with van der Waals surface area (Å²) in [6.07, 6.45) is 0. The molecule has 2 aromatic carbocycles. The lowest BCUT2D eigenvalue weighted by atomic mass is 10.1. The molecule has 2 aromatic rings. The second-order valence-corrected chi connectivity index (χ2v) is 7.90. The first-order valence-corrected chi connectivity index (χ1v) is 9.12. The second-order valence-electron chi connectivity index (χ2n) is 5.90. The average molecular weight is 346 g/mol. The van der Waals surface area contributed by atoms with E-state index in [-0.39, 0.29) is 16.8 Å². The number of hydrogen-bond acceptors (Lipinski definition) is 3. The first kappa shape index (κ1) is 18.2. The Kier molecular flexibility index (Phi) is 5.41. The van der Waals surface area contributed by atoms with Gasteiger partial charge in [0.2, 0.25) is 15.9 Å². The number of anilines is 1. The molecule has 128 valence electrons. The van der Waals surface area contributed by atoms with E-state index in [0.717, 1.165) is 16.8 Å². The normalized spacial score (nSPS) is 11.8. The Labute approximate surface area is 143 Å². The summed E-state index contributed by atoms with van der Waals surface area (Å²) in [5.41, 5.74) is 2.59. The number of nitrogens with one attached hydrogen (secondary N) is 1. The number of benzene rings is 2. The predicted molar refractivity (Wildman–Crippen MR) is 96.3 cm³/mol. The molecular weight excluding hydrogens is 324 g/mol. The van der Waals surface area contributed by atoms with Crippen molar-refractivity contribution >= 4 is 21.6 Å². The summed E-state index contributed by atoms with van der Waals surface area (Å²) in [5, 5.41) is 2.71. The fraction of sp³-hybridized carbons (Fsp3) is 0.278. The van der Waals surface area contributed by atoms with Crippen LogP contribution in [0.5, 0.6) is 0 Å². The highest BCUT2D eigenvalue weighted by atomic mass is 32.2. The van der Waals surface area contributed by atoms with Crippen molar-refractivity contribution in [2.45, 2.75) is 31.7 Å². The van der Waals surface area contributed by atoms with E-state index in [1.165, 1.54) is 11.2 Å². The maximum absolute atomic E-state index is 12.5. The molecule has 1 N–H and O–H groups in total. The minimum absolute atomic E-state index is 0.101. The number of rotatable bonds is 5. The number of sulfonamides is 1. The number of carbonyl (C=O) groups excluding carboxylic acids is 1. The van der Waals surface area contributed by atoms with Gasteiger partial charge in [0, 0.05) is 25.7 Å². The molecule has 0 aliphatic carbocycles. The van der Waals surface area contributed by atoms with Crippen LogP contribution in [0.25, 0.3) is 11.1 Å². The number of hydrogen-bond donors (Lipinski definition) is 1. The lowest BCUT2D eigenvalue weighted by molar-refractivity contribution is -0.114. The quantitative estimate of drug-likeness (QED) is 0.903. The van der Waals surface area contributed by atoms with Gasteiger partial charge in [-0.05, 0) is 49.2 Å². The SMILES string of the molecule is CC(=O)Nc1ccc(-c2ccc(S(=O)(=O)N(C)C(C)C)cc2)cc1. The van der Waals surface area contributed by atoms with Crippen molar-refractivity contribution in [3.63, 3.8) is 0 Å². The van der Waals surface area contributed by atoms with Crippen LogP contribution in [-0.2, 0) is 14.8 Å².